The zero-order chi connectivity index (χ0) is 12.1. The van der Waals surface area contributed by atoms with Crippen molar-refractivity contribution in [1.82, 2.24) is 4.90 Å². The molecule has 3 N–H and O–H groups in total. The van der Waals surface area contributed by atoms with Crippen LogP contribution >= 0.6 is 0 Å². The number of benzene rings is 1. The Hall–Kier alpha value is -1.62. The Morgan fingerprint density at radius 1 is 1.56 bits per heavy atom. The third-order valence-electron chi connectivity index (χ3n) is 2.29. The Morgan fingerprint density at radius 3 is 2.81 bits per heavy atom. The Morgan fingerprint density at radius 2 is 2.25 bits per heavy atom. The minimum absolute atomic E-state index is 0.0375. The number of nitrogens with zero attached hydrogens (tertiary/aromatic N) is 1. The van der Waals surface area contributed by atoms with Crippen LogP contribution in [0, 0.1) is 5.82 Å². The fourth-order valence-electron chi connectivity index (χ4n) is 1.49. The van der Waals surface area contributed by atoms with Gasteiger partial charge < -0.3 is 10.3 Å². The molecule has 0 saturated carbocycles. The van der Waals surface area contributed by atoms with E-state index in [1.54, 1.807) is 13.1 Å². The molecule has 0 heterocycles. The van der Waals surface area contributed by atoms with Crippen LogP contribution in [0.15, 0.2) is 18.2 Å². The van der Waals surface area contributed by atoms with Gasteiger partial charge >= 0.3 is 0 Å². The molecule has 0 aromatic heterocycles. The van der Waals surface area contributed by atoms with E-state index in [0.29, 0.717) is 6.54 Å². The molecular formula is C11H16FN3O. The molecule has 1 aromatic carbocycles. The number of nitrogen functional groups attached to an aromatic ring is 1. The Balaban J connectivity index is 3.03. The van der Waals surface area contributed by atoms with Gasteiger partial charge in [-0.2, -0.15) is 0 Å². The minimum atomic E-state index is -0.529. The monoisotopic (exact) mass is 225 g/mol. The molecule has 88 valence electrons. The van der Waals surface area contributed by atoms with Crippen LogP contribution in [0.3, 0.4) is 0 Å². The van der Waals surface area contributed by atoms with Crippen molar-refractivity contribution in [2.24, 2.45) is 5.84 Å². The van der Waals surface area contributed by atoms with E-state index in [0.717, 1.165) is 6.42 Å². The maximum absolute atomic E-state index is 13.3. The van der Waals surface area contributed by atoms with Crippen molar-refractivity contribution in [2.45, 2.75) is 13.3 Å². The van der Waals surface area contributed by atoms with Gasteiger partial charge in [0.2, 0.25) is 0 Å². The summed E-state index contributed by atoms with van der Waals surface area (Å²) in [5.74, 6) is 4.43. The Labute approximate surface area is 94.2 Å². The zero-order valence-electron chi connectivity index (χ0n) is 9.46. The molecule has 16 heavy (non-hydrogen) atoms. The fourth-order valence-corrected chi connectivity index (χ4v) is 1.49. The number of anilines is 1. The van der Waals surface area contributed by atoms with Gasteiger partial charge in [0.1, 0.15) is 5.82 Å². The van der Waals surface area contributed by atoms with Gasteiger partial charge in [-0.05, 0) is 18.6 Å². The summed E-state index contributed by atoms with van der Waals surface area (Å²) in [6.07, 6.45) is 0.850. The first kappa shape index (κ1) is 12.4. The maximum Gasteiger partial charge on any atom is 0.255 e. The standard InChI is InChI=1S/C11H16FN3O/c1-3-7-15(2)11(16)8-5-4-6-9(12)10(8)14-13/h4-6,14H,3,7,13H2,1-2H3. The summed E-state index contributed by atoms with van der Waals surface area (Å²) in [7, 11) is 1.68. The van der Waals surface area contributed by atoms with Crippen LogP contribution in [-0.4, -0.2) is 24.4 Å². The largest absolute Gasteiger partial charge is 0.342 e. The third kappa shape index (κ3) is 2.49. The van der Waals surface area contributed by atoms with Gasteiger partial charge in [0.15, 0.2) is 0 Å². The molecule has 1 amide bonds. The molecule has 0 unspecified atom stereocenters. The molecule has 0 bridgehead atoms. The number of hydrogen-bond donors (Lipinski definition) is 2. The summed E-state index contributed by atoms with van der Waals surface area (Å²) in [5, 5.41) is 0. The number of nitrogens with two attached hydrogens (primary N) is 1. The van der Waals surface area contributed by atoms with Crippen molar-refractivity contribution in [3.8, 4) is 0 Å². The number of nitrogens with one attached hydrogen (secondary N) is 1. The Kier molecular flexibility index (Phi) is 4.25. The average Bonchev–Trinajstić information content (AvgIpc) is 2.28. The second-order valence-electron chi connectivity index (χ2n) is 3.53. The molecule has 5 heteroatoms. The van der Waals surface area contributed by atoms with Crippen molar-refractivity contribution in [3.05, 3.63) is 29.6 Å². The van der Waals surface area contributed by atoms with Gasteiger partial charge in [-0.1, -0.05) is 13.0 Å². The quantitative estimate of drug-likeness (QED) is 0.604. The second-order valence-corrected chi connectivity index (χ2v) is 3.53. The van der Waals surface area contributed by atoms with E-state index in [4.69, 9.17) is 5.84 Å². The number of halogens is 1. The molecule has 0 saturated heterocycles. The van der Waals surface area contributed by atoms with Crippen molar-refractivity contribution in [2.75, 3.05) is 19.0 Å². The number of rotatable bonds is 4. The number of para-hydroxylation sites is 1. The van der Waals surface area contributed by atoms with Crippen LogP contribution in [0.4, 0.5) is 10.1 Å². The number of carbonyl (C=O) groups is 1. The predicted octanol–water partition coefficient (Wildman–Crippen LogP) is 1.59. The minimum Gasteiger partial charge on any atom is -0.342 e. The first-order valence-electron chi connectivity index (χ1n) is 5.12. The number of hydrogen-bond acceptors (Lipinski definition) is 3. The summed E-state index contributed by atoms with van der Waals surface area (Å²) in [6, 6.07) is 4.29. The van der Waals surface area contributed by atoms with Crippen LogP contribution in [0.2, 0.25) is 0 Å². The van der Waals surface area contributed by atoms with Gasteiger partial charge in [-0.25, -0.2) is 4.39 Å². The molecule has 0 atom stereocenters. The average molecular weight is 225 g/mol. The van der Waals surface area contributed by atoms with Crippen molar-refractivity contribution >= 4 is 11.6 Å². The van der Waals surface area contributed by atoms with Gasteiger partial charge in [0.05, 0.1) is 11.3 Å². The highest BCUT2D eigenvalue weighted by Crippen LogP contribution is 2.19. The van der Waals surface area contributed by atoms with E-state index in [1.807, 2.05) is 6.92 Å². The van der Waals surface area contributed by atoms with Crippen molar-refractivity contribution in [3.63, 3.8) is 0 Å². The zero-order valence-corrected chi connectivity index (χ0v) is 9.46. The van der Waals surface area contributed by atoms with Gasteiger partial charge in [0, 0.05) is 13.6 Å². The summed E-state index contributed by atoms with van der Waals surface area (Å²) >= 11 is 0. The van der Waals surface area contributed by atoms with Crippen LogP contribution in [0.25, 0.3) is 0 Å². The number of amides is 1. The van der Waals surface area contributed by atoms with Crippen LogP contribution < -0.4 is 11.3 Å². The van der Waals surface area contributed by atoms with E-state index in [2.05, 4.69) is 5.43 Å². The molecular weight excluding hydrogens is 209 g/mol. The summed E-state index contributed by atoms with van der Waals surface area (Å²) in [6.45, 7) is 2.59. The topological polar surface area (TPSA) is 58.4 Å². The molecule has 0 fully saturated rings. The maximum atomic E-state index is 13.3. The molecule has 4 nitrogen and oxygen atoms in total. The van der Waals surface area contributed by atoms with Gasteiger partial charge in [-0.15, -0.1) is 0 Å². The van der Waals surface area contributed by atoms with E-state index < -0.39 is 5.82 Å². The number of hydrazine groups is 1. The smallest absolute Gasteiger partial charge is 0.255 e. The second kappa shape index (κ2) is 5.46. The van der Waals surface area contributed by atoms with Crippen LogP contribution in [0.1, 0.15) is 23.7 Å². The first-order valence-corrected chi connectivity index (χ1v) is 5.12. The first-order chi connectivity index (χ1) is 7.61. The normalized spacial score (nSPS) is 10.0. The molecule has 0 aliphatic rings. The molecule has 1 rings (SSSR count). The van der Waals surface area contributed by atoms with Gasteiger partial charge in [0.25, 0.3) is 5.91 Å². The lowest BCUT2D eigenvalue weighted by atomic mass is 10.1. The van der Waals surface area contributed by atoms with Crippen molar-refractivity contribution < 1.29 is 9.18 Å². The highest BCUT2D eigenvalue weighted by Gasteiger charge is 2.17. The molecule has 1 aromatic rings. The molecule has 0 spiro atoms. The molecule has 0 radical (unpaired) electrons. The SMILES string of the molecule is CCCN(C)C(=O)c1cccc(F)c1NN. The Bertz CT molecular complexity index is 381. The molecule has 0 aliphatic carbocycles. The van der Waals surface area contributed by atoms with E-state index in [1.165, 1.54) is 17.0 Å². The van der Waals surface area contributed by atoms with E-state index >= 15 is 0 Å². The van der Waals surface area contributed by atoms with Crippen LogP contribution in [0.5, 0.6) is 0 Å². The summed E-state index contributed by atoms with van der Waals surface area (Å²) in [5.41, 5.74) is 2.51. The third-order valence-corrected chi connectivity index (χ3v) is 2.29. The van der Waals surface area contributed by atoms with Crippen molar-refractivity contribution in [1.29, 1.82) is 0 Å². The molecule has 0 aliphatic heterocycles. The lowest BCUT2D eigenvalue weighted by Crippen LogP contribution is -2.29. The predicted molar refractivity (Wildman–Crippen MR) is 61.5 cm³/mol. The van der Waals surface area contributed by atoms with Crippen LogP contribution in [-0.2, 0) is 0 Å². The lowest BCUT2D eigenvalue weighted by molar-refractivity contribution is 0.0795. The number of carbonyl (C=O) groups excluding carboxylic acids is 1. The fraction of sp³-hybridized carbons (Fsp3) is 0.364. The van der Waals surface area contributed by atoms with Gasteiger partial charge in [-0.3, -0.25) is 10.6 Å². The van der Waals surface area contributed by atoms with E-state index in [9.17, 15) is 9.18 Å². The summed E-state index contributed by atoms with van der Waals surface area (Å²) in [4.78, 5) is 13.5. The highest BCUT2D eigenvalue weighted by atomic mass is 19.1. The van der Waals surface area contributed by atoms with E-state index in [-0.39, 0.29) is 17.2 Å². The highest BCUT2D eigenvalue weighted by molar-refractivity contribution is 5.99. The summed E-state index contributed by atoms with van der Waals surface area (Å²) < 4.78 is 13.3. The lowest BCUT2D eigenvalue weighted by Gasteiger charge is -2.18.